The Morgan fingerprint density at radius 1 is 0.643 bits per heavy atom. The van der Waals surface area contributed by atoms with Gasteiger partial charge in [0, 0.05) is 11.8 Å². The number of anilines is 2. The van der Waals surface area contributed by atoms with Gasteiger partial charge in [0.05, 0.1) is 23.7 Å². The van der Waals surface area contributed by atoms with Crippen molar-refractivity contribution >= 4 is 35.5 Å². The minimum Gasteiger partial charge on any atom is -0.274 e. The third-order valence-corrected chi connectivity index (χ3v) is 6.08. The Balaban J connectivity index is 1.44. The predicted octanol–water partition coefficient (Wildman–Crippen LogP) is -2.56. The van der Waals surface area contributed by atoms with Crippen molar-refractivity contribution in [1.82, 2.24) is 41.2 Å². The van der Waals surface area contributed by atoms with Gasteiger partial charge in [-0.3, -0.25) is 19.2 Å². The van der Waals surface area contributed by atoms with Gasteiger partial charge in [-0.1, -0.05) is 22.3 Å². The Morgan fingerprint density at radius 2 is 1.00 bits per heavy atom. The fourth-order valence-electron chi connectivity index (χ4n) is 5.12. The van der Waals surface area contributed by atoms with E-state index in [1.165, 1.54) is 0 Å². The van der Waals surface area contributed by atoms with Gasteiger partial charge in [0.1, 0.15) is 0 Å². The molecule has 28 heavy (non-hydrogen) atoms. The molecule has 4 heterocycles. The lowest BCUT2D eigenvalue weighted by atomic mass is 9.54. The van der Waals surface area contributed by atoms with Crippen LogP contribution in [-0.2, 0) is 19.2 Å². The first-order valence-electron chi connectivity index (χ1n) is 8.50. The Morgan fingerprint density at radius 3 is 1.29 bits per heavy atom. The van der Waals surface area contributed by atoms with Crippen LogP contribution in [0.15, 0.2) is 12.2 Å². The monoisotopic (exact) mass is 382 g/mol. The molecule has 2 bridgehead atoms. The van der Waals surface area contributed by atoms with Crippen LogP contribution in [0.2, 0.25) is 0 Å². The van der Waals surface area contributed by atoms with Crippen molar-refractivity contribution < 1.29 is 19.2 Å². The third-order valence-electron chi connectivity index (χ3n) is 6.08. The van der Waals surface area contributed by atoms with E-state index in [4.69, 9.17) is 0 Å². The first-order valence-corrected chi connectivity index (χ1v) is 8.50. The molecule has 140 valence electrons. The van der Waals surface area contributed by atoms with Crippen LogP contribution in [0, 0.1) is 35.5 Å². The molecule has 1 saturated carbocycles. The van der Waals surface area contributed by atoms with Crippen molar-refractivity contribution in [2.45, 2.75) is 0 Å². The highest BCUT2D eigenvalue weighted by molar-refractivity contribution is 6.25. The summed E-state index contributed by atoms with van der Waals surface area (Å²) in [5.74, 6) is -6.48. The van der Waals surface area contributed by atoms with Crippen LogP contribution in [0.4, 0.5) is 11.9 Å². The molecule has 2 N–H and O–H groups in total. The van der Waals surface area contributed by atoms with Gasteiger partial charge in [-0.05, 0) is 10.4 Å². The van der Waals surface area contributed by atoms with Gasteiger partial charge in [-0.25, -0.2) is 9.80 Å². The summed E-state index contributed by atoms with van der Waals surface area (Å²) >= 11 is 0. The molecule has 2 aliphatic heterocycles. The number of tetrazole rings is 2. The van der Waals surface area contributed by atoms with E-state index in [1.807, 2.05) is 0 Å². The zero-order valence-corrected chi connectivity index (χ0v) is 13.8. The maximum absolute atomic E-state index is 13.0. The zero-order valence-electron chi connectivity index (χ0n) is 13.8. The second-order valence-corrected chi connectivity index (χ2v) is 7.09. The van der Waals surface area contributed by atoms with E-state index >= 15 is 0 Å². The van der Waals surface area contributed by atoms with Crippen molar-refractivity contribution in [1.29, 1.82) is 0 Å². The first-order chi connectivity index (χ1) is 13.6. The summed E-state index contributed by atoms with van der Waals surface area (Å²) in [5, 5.41) is 26.1. The SMILES string of the molecule is O=C1[C@@H]2C3C=CC([C@@H]2C(=O)N1c1nn[nH]n1)[C@@H]1C(=O)N(c2nn[nH]n2)C(=O)[C@H]31. The van der Waals surface area contributed by atoms with Crippen molar-refractivity contribution in [2.75, 3.05) is 9.80 Å². The summed E-state index contributed by atoms with van der Waals surface area (Å²) in [6.45, 7) is 0. The van der Waals surface area contributed by atoms with E-state index in [1.54, 1.807) is 12.2 Å². The average molecular weight is 382 g/mol. The number of imide groups is 2. The summed E-state index contributed by atoms with van der Waals surface area (Å²) in [4.78, 5) is 53.9. The zero-order chi connectivity index (χ0) is 19.2. The van der Waals surface area contributed by atoms with E-state index < -0.39 is 59.1 Å². The number of aromatic nitrogens is 8. The fraction of sp³-hybridized carbons (Fsp3) is 0.429. The third kappa shape index (κ3) is 1.58. The maximum Gasteiger partial charge on any atom is 0.279 e. The van der Waals surface area contributed by atoms with E-state index in [0.717, 1.165) is 9.80 Å². The van der Waals surface area contributed by atoms with Crippen LogP contribution in [0.25, 0.3) is 0 Å². The number of hydrogen-bond donors (Lipinski definition) is 2. The molecule has 4 atom stereocenters. The van der Waals surface area contributed by atoms with E-state index in [2.05, 4.69) is 41.2 Å². The number of nitrogens with one attached hydrogen (secondary N) is 2. The van der Waals surface area contributed by atoms with Crippen LogP contribution >= 0.6 is 0 Å². The van der Waals surface area contributed by atoms with Gasteiger partial charge in [-0.2, -0.15) is 10.4 Å². The van der Waals surface area contributed by atoms with E-state index in [9.17, 15) is 19.2 Å². The number of nitrogens with zero attached hydrogens (tertiary/aromatic N) is 8. The maximum atomic E-state index is 13.0. The van der Waals surface area contributed by atoms with Gasteiger partial charge in [0.25, 0.3) is 11.9 Å². The Kier molecular flexibility index (Phi) is 2.67. The van der Waals surface area contributed by atoms with Gasteiger partial charge >= 0.3 is 0 Å². The topological polar surface area (TPSA) is 184 Å². The molecule has 14 heteroatoms. The molecule has 2 aromatic heterocycles. The highest BCUT2D eigenvalue weighted by Crippen LogP contribution is 2.58. The summed E-state index contributed by atoms with van der Waals surface area (Å²) in [6, 6.07) is 0. The molecule has 4 amide bonds. The minimum absolute atomic E-state index is 0.139. The van der Waals surface area contributed by atoms with Crippen LogP contribution < -0.4 is 9.80 Å². The molecule has 0 aromatic carbocycles. The van der Waals surface area contributed by atoms with Crippen molar-refractivity contribution in [2.24, 2.45) is 35.5 Å². The quantitative estimate of drug-likeness (QED) is 0.413. The van der Waals surface area contributed by atoms with Crippen LogP contribution in [-0.4, -0.2) is 64.9 Å². The molecule has 2 aromatic rings. The number of allylic oxidation sites excluding steroid dienone is 2. The largest absolute Gasteiger partial charge is 0.279 e. The molecule has 5 aliphatic rings. The van der Waals surface area contributed by atoms with Gasteiger partial charge in [0.2, 0.25) is 23.6 Å². The lowest BCUT2D eigenvalue weighted by Crippen LogP contribution is -2.50. The molecule has 0 unspecified atom stereocenters. The number of amides is 4. The molecule has 3 fully saturated rings. The lowest BCUT2D eigenvalue weighted by Gasteiger charge is -2.44. The van der Waals surface area contributed by atoms with E-state index in [-0.39, 0.29) is 11.9 Å². The summed E-state index contributed by atoms with van der Waals surface area (Å²) in [7, 11) is 0. The Hall–Kier alpha value is -3.84. The molecule has 0 spiro atoms. The normalized spacial score (nSPS) is 35.9. The number of H-pyrrole nitrogens is 2. The first kappa shape index (κ1) is 15.2. The molecular formula is C14H10N10O4. The average Bonchev–Trinajstić information content (AvgIpc) is 3.46. The number of rotatable bonds is 2. The molecule has 14 nitrogen and oxygen atoms in total. The van der Waals surface area contributed by atoms with Gasteiger partial charge in [0.15, 0.2) is 0 Å². The highest BCUT2D eigenvalue weighted by Gasteiger charge is 2.69. The number of aromatic amines is 2. The molecule has 3 aliphatic carbocycles. The standard InChI is InChI=1S/C14H10N10O4/c25-9-5-3-1-2-4(7(5)11(27)23(9)13-15-19-20-16-13)8-6(3)10(26)24(12(8)28)14-17-21-22-18-14/h1-8H,(H,15,16,19,20)(H,17,18,21,22)/t3?,4?,5-,6-,7+,8+. The summed E-state index contributed by atoms with van der Waals surface area (Å²) < 4.78 is 0. The number of carbonyl (C=O) groups is 4. The van der Waals surface area contributed by atoms with Crippen LogP contribution in [0.1, 0.15) is 0 Å². The van der Waals surface area contributed by atoms with Crippen LogP contribution in [0.5, 0.6) is 0 Å². The fourth-order valence-corrected chi connectivity index (χ4v) is 5.12. The van der Waals surface area contributed by atoms with Gasteiger partial charge < -0.3 is 0 Å². The lowest BCUT2D eigenvalue weighted by molar-refractivity contribution is -0.137. The predicted molar refractivity (Wildman–Crippen MR) is 83.4 cm³/mol. The number of carbonyl (C=O) groups excluding carboxylic acids is 4. The van der Waals surface area contributed by atoms with Crippen LogP contribution in [0.3, 0.4) is 0 Å². The van der Waals surface area contributed by atoms with Crippen molar-refractivity contribution in [3.63, 3.8) is 0 Å². The van der Waals surface area contributed by atoms with Crippen molar-refractivity contribution in [3.05, 3.63) is 12.2 Å². The molecule has 7 rings (SSSR count). The molecular weight excluding hydrogens is 372 g/mol. The van der Waals surface area contributed by atoms with E-state index in [0.29, 0.717) is 0 Å². The van der Waals surface area contributed by atoms with Crippen molar-refractivity contribution in [3.8, 4) is 0 Å². The summed E-state index contributed by atoms with van der Waals surface area (Å²) in [5.41, 5.74) is 0. The second-order valence-electron chi connectivity index (χ2n) is 7.09. The smallest absolute Gasteiger partial charge is 0.274 e. The summed E-state index contributed by atoms with van der Waals surface area (Å²) in [6.07, 6.45) is 3.51. The Bertz CT molecular complexity index is 934. The minimum atomic E-state index is -0.760. The molecule has 0 radical (unpaired) electrons. The molecule has 2 saturated heterocycles. The highest BCUT2D eigenvalue weighted by atomic mass is 16.2. The number of hydrogen-bond acceptors (Lipinski definition) is 10. The second kappa shape index (κ2) is 4.90. The van der Waals surface area contributed by atoms with Gasteiger partial charge in [-0.15, -0.1) is 10.2 Å². The Labute approximate surface area is 154 Å².